The molecular formula is C17H20N2O2. The molecule has 2 aromatic carbocycles. The van der Waals surface area contributed by atoms with Gasteiger partial charge in [0.2, 0.25) is 0 Å². The minimum Gasteiger partial charge on any atom is -0.456 e. The Bertz CT molecular complexity index is 638. The molecule has 0 saturated carbocycles. The lowest BCUT2D eigenvalue weighted by Crippen LogP contribution is -2.12. The van der Waals surface area contributed by atoms with Gasteiger partial charge in [0.25, 0.3) is 5.91 Å². The number of nitrogens with one attached hydrogen (secondary N) is 1. The number of nitrogens with two attached hydrogens (primary N) is 1. The van der Waals surface area contributed by atoms with Crippen molar-refractivity contribution in [2.24, 2.45) is 5.73 Å². The van der Waals surface area contributed by atoms with E-state index in [4.69, 9.17) is 10.5 Å². The van der Waals surface area contributed by atoms with Crippen molar-refractivity contribution in [1.29, 1.82) is 0 Å². The van der Waals surface area contributed by atoms with Gasteiger partial charge in [0.05, 0.1) is 5.56 Å². The molecule has 2 aromatic rings. The quantitative estimate of drug-likeness (QED) is 0.857. The fourth-order valence-electron chi connectivity index (χ4n) is 2.08. The first-order valence-electron chi connectivity index (χ1n) is 6.98. The summed E-state index contributed by atoms with van der Waals surface area (Å²) < 4.78 is 5.84. The molecule has 110 valence electrons. The first-order chi connectivity index (χ1) is 10.1. The van der Waals surface area contributed by atoms with Crippen LogP contribution in [0.2, 0.25) is 0 Å². The van der Waals surface area contributed by atoms with E-state index in [1.807, 2.05) is 25.1 Å². The van der Waals surface area contributed by atoms with Gasteiger partial charge in [-0.05, 0) is 42.8 Å². The number of amides is 1. The van der Waals surface area contributed by atoms with E-state index in [0.717, 1.165) is 24.4 Å². The van der Waals surface area contributed by atoms with Crippen LogP contribution in [-0.4, -0.2) is 12.5 Å². The maximum Gasteiger partial charge on any atom is 0.252 e. The molecule has 0 aliphatic carbocycles. The number of carbonyl (C=O) groups excluding carboxylic acids is 1. The number of primary amides is 1. The van der Waals surface area contributed by atoms with Crippen LogP contribution in [0, 0.1) is 6.92 Å². The van der Waals surface area contributed by atoms with Crippen LogP contribution in [0.4, 0.5) is 0 Å². The molecule has 0 fully saturated rings. The van der Waals surface area contributed by atoms with E-state index in [9.17, 15) is 4.79 Å². The molecule has 1 amide bonds. The number of ether oxygens (including phenoxy) is 1. The molecule has 0 saturated heterocycles. The van der Waals surface area contributed by atoms with Crippen molar-refractivity contribution >= 4 is 5.91 Å². The standard InChI is InChI=1S/C17H20N2O2/c1-3-19-11-13-8-9-15(12(2)10-13)21-16-7-5-4-6-14(16)17(18)20/h4-10,19H,3,11H2,1-2H3,(H2,18,20). The zero-order valence-corrected chi connectivity index (χ0v) is 12.3. The monoisotopic (exact) mass is 284 g/mol. The summed E-state index contributed by atoms with van der Waals surface area (Å²) in [6.45, 7) is 5.82. The maximum atomic E-state index is 11.4. The topological polar surface area (TPSA) is 64.3 Å². The Labute approximate surface area is 124 Å². The zero-order valence-electron chi connectivity index (χ0n) is 12.3. The molecule has 0 aliphatic heterocycles. The molecule has 2 rings (SSSR count). The Hall–Kier alpha value is -2.33. The molecule has 0 aromatic heterocycles. The molecule has 0 bridgehead atoms. The Balaban J connectivity index is 2.22. The Kier molecular flexibility index (Phi) is 4.95. The number of hydrogen-bond donors (Lipinski definition) is 2. The highest BCUT2D eigenvalue weighted by molar-refractivity contribution is 5.95. The predicted molar refractivity (Wildman–Crippen MR) is 83.6 cm³/mol. The molecule has 0 aliphatic rings. The molecule has 0 unspecified atom stereocenters. The van der Waals surface area contributed by atoms with Gasteiger partial charge < -0.3 is 15.8 Å². The lowest BCUT2D eigenvalue weighted by molar-refractivity contribution is 0.0998. The van der Waals surface area contributed by atoms with Crippen molar-refractivity contribution in [1.82, 2.24) is 5.32 Å². The number of benzene rings is 2. The molecule has 0 heterocycles. The van der Waals surface area contributed by atoms with Gasteiger partial charge in [-0.25, -0.2) is 0 Å². The van der Waals surface area contributed by atoms with Crippen LogP contribution in [0.5, 0.6) is 11.5 Å². The summed E-state index contributed by atoms with van der Waals surface area (Å²) in [6.07, 6.45) is 0. The molecule has 3 N–H and O–H groups in total. The lowest BCUT2D eigenvalue weighted by atomic mass is 10.1. The molecule has 0 spiro atoms. The Morgan fingerprint density at radius 1 is 1.19 bits per heavy atom. The summed E-state index contributed by atoms with van der Waals surface area (Å²) >= 11 is 0. The number of carbonyl (C=O) groups is 1. The molecular weight excluding hydrogens is 264 g/mol. The van der Waals surface area contributed by atoms with Crippen molar-refractivity contribution in [3.63, 3.8) is 0 Å². The highest BCUT2D eigenvalue weighted by Gasteiger charge is 2.10. The van der Waals surface area contributed by atoms with Crippen molar-refractivity contribution < 1.29 is 9.53 Å². The molecule has 21 heavy (non-hydrogen) atoms. The van der Waals surface area contributed by atoms with E-state index >= 15 is 0 Å². The van der Waals surface area contributed by atoms with E-state index in [2.05, 4.69) is 18.3 Å². The van der Waals surface area contributed by atoms with Crippen molar-refractivity contribution in [3.8, 4) is 11.5 Å². The van der Waals surface area contributed by atoms with E-state index in [1.165, 1.54) is 5.56 Å². The van der Waals surface area contributed by atoms with E-state index in [0.29, 0.717) is 11.3 Å². The Morgan fingerprint density at radius 3 is 2.62 bits per heavy atom. The second-order valence-corrected chi connectivity index (χ2v) is 4.84. The zero-order chi connectivity index (χ0) is 15.2. The number of para-hydroxylation sites is 1. The average molecular weight is 284 g/mol. The maximum absolute atomic E-state index is 11.4. The summed E-state index contributed by atoms with van der Waals surface area (Å²) in [5.74, 6) is 0.712. The van der Waals surface area contributed by atoms with Crippen LogP contribution < -0.4 is 15.8 Å². The number of aryl methyl sites for hydroxylation is 1. The van der Waals surface area contributed by atoms with E-state index < -0.39 is 5.91 Å². The molecule has 4 heteroatoms. The van der Waals surface area contributed by atoms with Gasteiger partial charge in [-0.2, -0.15) is 0 Å². The van der Waals surface area contributed by atoms with Gasteiger partial charge in [0.15, 0.2) is 0 Å². The molecule has 0 radical (unpaired) electrons. The fourth-order valence-corrected chi connectivity index (χ4v) is 2.08. The van der Waals surface area contributed by atoms with E-state index in [-0.39, 0.29) is 0 Å². The second kappa shape index (κ2) is 6.90. The van der Waals surface area contributed by atoms with Crippen LogP contribution in [0.25, 0.3) is 0 Å². The van der Waals surface area contributed by atoms with Crippen LogP contribution in [-0.2, 0) is 6.54 Å². The normalized spacial score (nSPS) is 10.4. The molecule has 0 atom stereocenters. The Morgan fingerprint density at radius 2 is 1.95 bits per heavy atom. The van der Waals surface area contributed by atoms with Crippen LogP contribution in [0.15, 0.2) is 42.5 Å². The minimum atomic E-state index is -0.494. The van der Waals surface area contributed by atoms with E-state index in [1.54, 1.807) is 18.2 Å². The first-order valence-corrected chi connectivity index (χ1v) is 6.98. The van der Waals surface area contributed by atoms with Gasteiger partial charge in [0.1, 0.15) is 11.5 Å². The highest BCUT2D eigenvalue weighted by Crippen LogP contribution is 2.28. The third-order valence-corrected chi connectivity index (χ3v) is 3.19. The predicted octanol–water partition coefficient (Wildman–Crippen LogP) is 3.00. The smallest absolute Gasteiger partial charge is 0.252 e. The third kappa shape index (κ3) is 3.83. The summed E-state index contributed by atoms with van der Waals surface area (Å²) in [5.41, 5.74) is 7.96. The molecule has 4 nitrogen and oxygen atoms in total. The van der Waals surface area contributed by atoms with Crippen LogP contribution >= 0.6 is 0 Å². The van der Waals surface area contributed by atoms with Gasteiger partial charge >= 0.3 is 0 Å². The summed E-state index contributed by atoms with van der Waals surface area (Å²) in [5, 5.41) is 3.28. The van der Waals surface area contributed by atoms with Crippen molar-refractivity contribution in [3.05, 3.63) is 59.2 Å². The van der Waals surface area contributed by atoms with Gasteiger partial charge in [-0.3, -0.25) is 4.79 Å². The van der Waals surface area contributed by atoms with Crippen LogP contribution in [0.3, 0.4) is 0 Å². The SMILES string of the molecule is CCNCc1ccc(Oc2ccccc2C(N)=O)c(C)c1. The summed E-state index contributed by atoms with van der Waals surface area (Å²) in [4.78, 5) is 11.4. The largest absolute Gasteiger partial charge is 0.456 e. The summed E-state index contributed by atoms with van der Waals surface area (Å²) in [7, 11) is 0. The number of rotatable bonds is 6. The van der Waals surface area contributed by atoms with Crippen molar-refractivity contribution in [2.45, 2.75) is 20.4 Å². The van der Waals surface area contributed by atoms with Gasteiger partial charge in [-0.1, -0.05) is 31.2 Å². The van der Waals surface area contributed by atoms with Crippen LogP contribution in [0.1, 0.15) is 28.4 Å². The minimum absolute atomic E-state index is 0.383. The highest BCUT2D eigenvalue weighted by atomic mass is 16.5. The lowest BCUT2D eigenvalue weighted by Gasteiger charge is -2.12. The average Bonchev–Trinajstić information content (AvgIpc) is 2.48. The first kappa shape index (κ1) is 15.1. The van der Waals surface area contributed by atoms with Crippen molar-refractivity contribution in [2.75, 3.05) is 6.54 Å². The summed E-state index contributed by atoms with van der Waals surface area (Å²) in [6, 6.07) is 13.0. The third-order valence-electron chi connectivity index (χ3n) is 3.19. The van der Waals surface area contributed by atoms with Gasteiger partial charge in [0, 0.05) is 6.54 Å². The number of hydrogen-bond acceptors (Lipinski definition) is 3. The fraction of sp³-hybridized carbons (Fsp3) is 0.235. The second-order valence-electron chi connectivity index (χ2n) is 4.84. The van der Waals surface area contributed by atoms with Gasteiger partial charge in [-0.15, -0.1) is 0 Å².